The van der Waals surface area contributed by atoms with Gasteiger partial charge >= 0.3 is 0 Å². The molecule has 0 radical (unpaired) electrons. The molecule has 0 bridgehead atoms. The Hall–Kier alpha value is -1.42. The minimum absolute atomic E-state index is 0.204. The maximum atomic E-state index is 6.04. The first-order chi connectivity index (χ1) is 10.3. The number of pyridine rings is 1. The van der Waals surface area contributed by atoms with Crippen LogP contribution in [-0.4, -0.2) is 11.5 Å². The van der Waals surface area contributed by atoms with E-state index in [4.69, 9.17) is 11.6 Å². The van der Waals surface area contributed by atoms with Crippen molar-refractivity contribution in [3.8, 4) is 0 Å². The zero-order chi connectivity index (χ0) is 14.7. The number of likely N-dealkylation sites (N-methyl/N-ethyl adjacent to an activating group) is 1. The monoisotopic (exact) mass is 316 g/mol. The van der Waals surface area contributed by atoms with Gasteiger partial charge in [-0.15, -0.1) is 11.3 Å². The number of aromatic nitrogens is 1. The van der Waals surface area contributed by atoms with E-state index in [2.05, 4.69) is 53.6 Å². The van der Waals surface area contributed by atoms with Crippen LogP contribution in [0.3, 0.4) is 0 Å². The fraction of sp³-hybridized carbons (Fsp3) is 0.235. The second-order valence-electron chi connectivity index (χ2n) is 4.94. The third-order valence-corrected chi connectivity index (χ3v) is 4.77. The normalized spacial score (nSPS) is 12.7. The van der Waals surface area contributed by atoms with E-state index in [1.54, 1.807) is 11.3 Å². The summed E-state index contributed by atoms with van der Waals surface area (Å²) in [6.07, 6.45) is 2.80. The number of halogens is 1. The average Bonchev–Trinajstić information content (AvgIpc) is 2.91. The molecule has 0 saturated heterocycles. The molecule has 4 heteroatoms. The number of hydrogen-bond donors (Lipinski definition) is 1. The molecule has 0 saturated carbocycles. The van der Waals surface area contributed by atoms with Gasteiger partial charge in [0.2, 0.25) is 0 Å². The molecular formula is C17H17ClN2S. The summed E-state index contributed by atoms with van der Waals surface area (Å²) in [6, 6.07) is 14.7. The van der Waals surface area contributed by atoms with Crippen molar-refractivity contribution in [3.63, 3.8) is 0 Å². The van der Waals surface area contributed by atoms with E-state index in [-0.39, 0.29) is 6.04 Å². The summed E-state index contributed by atoms with van der Waals surface area (Å²) in [7, 11) is 0. The van der Waals surface area contributed by atoms with Gasteiger partial charge in [0.25, 0.3) is 0 Å². The molecule has 21 heavy (non-hydrogen) atoms. The lowest BCUT2D eigenvalue weighted by molar-refractivity contribution is 0.544. The highest BCUT2D eigenvalue weighted by molar-refractivity contribution is 7.16. The number of rotatable bonds is 5. The Morgan fingerprint density at radius 3 is 2.81 bits per heavy atom. The third-order valence-electron chi connectivity index (χ3n) is 3.52. The van der Waals surface area contributed by atoms with E-state index in [0.29, 0.717) is 0 Å². The fourth-order valence-corrected chi connectivity index (χ4v) is 3.73. The standard InChI is InChI=1S/C17H17ClN2S/c1-2-19-15(11-13-7-8-16(18)21-13)17-14-6-4-3-5-12(14)9-10-20-17/h3-10,15,19H,2,11H2,1H3. The molecule has 2 aromatic heterocycles. The van der Waals surface area contributed by atoms with Crippen LogP contribution in [-0.2, 0) is 6.42 Å². The fourth-order valence-electron chi connectivity index (χ4n) is 2.60. The van der Waals surface area contributed by atoms with Crippen LogP contribution in [0.25, 0.3) is 10.8 Å². The molecule has 0 aliphatic rings. The summed E-state index contributed by atoms with van der Waals surface area (Å²) in [6.45, 7) is 3.04. The van der Waals surface area contributed by atoms with Gasteiger partial charge in [0, 0.05) is 22.9 Å². The Kier molecular flexibility index (Phi) is 4.54. The lowest BCUT2D eigenvalue weighted by Gasteiger charge is -2.18. The summed E-state index contributed by atoms with van der Waals surface area (Å²) < 4.78 is 0.839. The van der Waals surface area contributed by atoms with Gasteiger partial charge < -0.3 is 5.32 Å². The second kappa shape index (κ2) is 6.56. The van der Waals surface area contributed by atoms with E-state index in [1.165, 1.54) is 15.6 Å². The van der Waals surface area contributed by atoms with Crippen molar-refractivity contribution in [2.75, 3.05) is 6.54 Å². The topological polar surface area (TPSA) is 24.9 Å². The highest BCUT2D eigenvalue weighted by atomic mass is 35.5. The van der Waals surface area contributed by atoms with Crippen molar-refractivity contribution in [1.29, 1.82) is 0 Å². The Morgan fingerprint density at radius 2 is 2.05 bits per heavy atom. The molecule has 2 nitrogen and oxygen atoms in total. The van der Waals surface area contributed by atoms with Crippen LogP contribution in [0.1, 0.15) is 23.5 Å². The largest absolute Gasteiger partial charge is 0.309 e. The third kappa shape index (κ3) is 3.26. The molecule has 0 aliphatic carbocycles. The SMILES string of the molecule is CCNC(Cc1ccc(Cl)s1)c1nccc2ccccc12. The Labute approximate surface area is 133 Å². The summed E-state index contributed by atoms with van der Waals surface area (Å²) in [4.78, 5) is 5.92. The van der Waals surface area contributed by atoms with Crippen molar-refractivity contribution in [3.05, 3.63) is 63.6 Å². The maximum absolute atomic E-state index is 6.04. The number of fused-ring (bicyclic) bond motifs is 1. The highest BCUT2D eigenvalue weighted by Gasteiger charge is 2.16. The predicted octanol–water partition coefficient (Wildman–Crippen LogP) is 4.84. The van der Waals surface area contributed by atoms with Gasteiger partial charge in [-0.1, -0.05) is 42.8 Å². The Bertz CT molecular complexity index is 733. The molecule has 0 fully saturated rings. The smallest absolute Gasteiger partial charge is 0.0931 e. The molecule has 2 heterocycles. The molecule has 1 aromatic carbocycles. The van der Waals surface area contributed by atoms with Crippen LogP contribution in [0, 0.1) is 0 Å². The second-order valence-corrected chi connectivity index (χ2v) is 6.74. The molecule has 3 aromatic rings. The van der Waals surface area contributed by atoms with Crippen molar-refractivity contribution < 1.29 is 0 Å². The molecule has 0 aliphatic heterocycles. The van der Waals surface area contributed by atoms with Gasteiger partial charge in [-0.05, 0) is 30.1 Å². The van der Waals surface area contributed by atoms with Gasteiger partial charge in [0.15, 0.2) is 0 Å². The zero-order valence-corrected chi connectivity index (χ0v) is 13.4. The molecule has 1 unspecified atom stereocenters. The van der Waals surface area contributed by atoms with E-state index in [9.17, 15) is 0 Å². The molecule has 1 atom stereocenters. The number of thiophene rings is 1. The number of hydrogen-bond acceptors (Lipinski definition) is 3. The first-order valence-electron chi connectivity index (χ1n) is 7.09. The number of nitrogens with zero attached hydrogens (tertiary/aromatic N) is 1. The molecule has 108 valence electrons. The predicted molar refractivity (Wildman–Crippen MR) is 91.2 cm³/mol. The van der Waals surface area contributed by atoms with E-state index in [1.807, 2.05) is 12.3 Å². The van der Waals surface area contributed by atoms with Crippen LogP contribution >= 0.6 is 22.9 Å². The van der Waals surface area contributed by atoms with Crippen LogP contribution in [0.15, 0.2) is 48.7 Å². The van der Waals surface area contributed by atoms with Crippen molar-refractivity contribution in [2.45, 2.75) is 19.4 Å². The lowest BCUT2D eigenvalue weighted by atomic mass is 10.0. The van der Waals surface area contributed by atoms with E-state index < -0.39 is 0 Å². The summed E-state index contributed by atoms with van der Waals surface area (Å²) in [5, 5.41) is 6.00. The average molecular weight is 317 g/mol. The van der Waals surface area contributed by atoms with Gasteiger partial charge in [-0.2, -0.15) is 0 Å². The van der Waals surface area contributed by atoms with Crippen LogP contribution in [0.5, 0.6) is 0 Å². The van der Waals surface area contributed by atoms with E-state index in [0.717, 1.165) is 23.0 Å². The molecule has 0 amide bonds. The summed E-state index contributed by atoms with van der Waals surface area (Å²) in [5.41, 5.74) is 1.11. The first kappa shape index (κ1) is 14.5. The van der Waals surface area contributed by atoms with Crippen molar-refractivity contribution >= 4 is 33.7 Å². The lowest BCUT2D eigenvalue weighted by Crippen LogP contribution is -2.23. The number of nitrogens with one attached hydrogen (secondary N) is 1. The Morgan fingerprint density at radius 1 is 1.19 bits per heavy atom. The van der Waals surface area contributed by atoms with Gasteiger partial charge in [-0.25, -0.2) is 0 Å². The molecular weight excluding hydrogens is 300 g/mol. The zero-order valence-electron chi connectivity index (χ0n) is 11.8. The highest BCUT2D eigenvalue weighted by Crippen LogP contribution is 2.29. The van der Waals surface area contributed by atoms with Crippen LogP contribution in [0.4, 0.5) is 0 Å². The van der Waals surface area contributed by atoms with Gasteiger partial charge in [-0.3, -0.25) is 4.98 Å². The minimum Gasteiger partial charge on any atom is -0.309 e. The van der Waals surface area contributed by atoms with Gasteiger partial charge in [0.1, 0.15) is 0 Å². The van der Waals surface area contributed by atoms with Crippen LogP contribution in [0.2, 0.25) is 4.34 Å². The first-order valence-corrected chi connectivity index (χ1v) is 8.28. The van der Waals surface area contributed by atoms with Crippen molar-refractivity contribution in [1.82, 2.24) is 10.3 Å². The van der Waals surface area contributed by atoms with E-state index >= 15 is 0 Å². The maximum Gasteiger partial charge on any atom is 0.0931 e. The van der Waals surface area contributed by atoms with Crippen molar-refractivity contribution in [2.24, 2.45) is 0 Å². The molecule has 1 N–H and O–H groups in total. The van der Waals surface area contributed by atoms with Crippen LogP contribution < -0.4 is 5.32 Å². The molecule has 0 spiro atoms. The number of benzene rings is 1. The summed E-state index contributed by atoms with van der Waals surface area (Å²) >= 11 is 7.68. The molecule has 3 rings (SSSR count). The minimum atomic E-state index is 0.204. The Balaban J connectivity index is 1.98. The van der Waals surface area contributed by atoms with Gasteiger partial charge in [0.05, 0.1) is 16.1 Å². The summed E-state index contributed by atoms with van der Waals surface area (Å²) in [5.74, 6) is 0. The quantitative estimate of drug-likeness (QED) is 0.728.